The van der Waals surface area contributed by atoms with E-state index in [1.54, 1.807) is 0 Å². The van der Waals surface area contributed by atoms with Crippen LogP contribution in [-0.2, 0) is 0 Å². The zero-order valence-corrected chi connectivity index (χ0v) is 12.7. The Balaban J connectivity index is 2.25. The average Bonchev–Trinajstić information content (AvgIpc) is 2.50. The van der Waals surface area contributed by atoms with Crippen molar-refractivity contribution >= 4 is 10.8 Å². The summed E-state index contributed by atoms with van der Waals surface area (Å²) < 4.78 is 6.32. The largest absolute Gasteiger partial charge is 0.488 e. The van der Waals surface area contributed by atoms with Gasteiger partial charge >= 0.3 is 0 Å². The number of benzene rings is 2. The number of ether oxygens (including phenoxy) is 1. The minimum absolute atomic E-state index is 0.214. The van der Waals surface area contributed by atoms with Gasteiger partial charge in [-0.05, 0) is 31.3 Å². The molecule has 2 rings (SSSR count). The van der Waals surface area contributed by atoms with Crippen LogP contribution in [0.5, 0.6) is 5.75 Å². The van der Waals surface area contributed by atoms with Crippen molar-refractivity contribution in [3.05, 3.63) is 42.5 Å². The van der Waals surface area contributed by atoms with E-state index < -0.39 is 0 Å². The fourth-order valence-electron chi connectivity index (χ4n) is 2.74. The monoisotopic (exact) mass is 271 g/mol. The van der Waals surface area contributed by atoms with Gasteiger partial charge in [0.1, 0.15) is 11.9 Å². The molecule has 0 heterocycles. The first-order chi connectivity index (χ1) is 9.80. The van der Waals surface area contributed by atoms with Gasteiger partial charge in [-0.25, -0.2) is 0 Å². The van der Waals surface area contributed by atoms with Crippen molar-refractivity contribution in [2.75, 3.05) is 7.05 Å². The number of likely N-dealkylation sites (N-methyl/N-ethyl adjacent to an activating group) is 1. The lowest BCUT2D eigenvalue weighted by Gasteiger charge is -2.27. The van der Waals surface area contributed by atoms with E-state index in [9.17, 15) is 0 Å². The minimum Gasteiger partial charge on any atom is -0.488 e. The van der Waals surface area contributed by atoms with E-state index >= 15 is 0 Å². The quantitative estimate of drug-likeness (QED) is 0.806. The Morgan fingerprint density at radius 2 is 1.80 bits per heavy atom. The second kappa shape index (κ2) is 7.30. The molecule has 0 saturated heterocycles. The molecule has 0 aliphatic carbocycles. The summed E-state index contributed by atoms with van der Waals surface area (Å²) in [4.78, 5) is 0. The summed E-state index contributed by atoms with van der Waals surface area (Å²) in [5.74, 6) is 0.992. The van der Waals surface area contributed by atoms with Crippen molar-refractivity contribution in [2.45, 2.75) is 45.3 Å². The Morgan fingerprint density at radius 3 is 2.50 bits per heavy atom. The third-order valence-electron chi connectivity index (χ3n) is 3.85. The first-order valence-corrected chi connectivity index (χ1v) is 7.61. The summed E-state index contributed by atoms with van der Waals surface area (Å²) in [5, 5.41) is 5.82. The van der Waals surface area contributed by atoms with Gasteiger partial charge in [-0.3, -0.25) is 0 Å². The third-order valence-corrected chi connectivity index (χ3v) is 3.85. The molecule has 2 nitrogen and oxygen atoms in total. The molecule has 0 radical (unpaired) electrons. The molecule has 0 fully saturated rings. The predicted molar refractivity (Wildman–Crippen MR) is 86.4 cm³/mol. The van der Waals surface area contributed by atoms with E-state index in [0.717, 1.165) is 18.6 Å². The molecule has 0 bridgehead atoms. The zero-order valence-electron chi connectivity index (χ0n) is 12.7. The number of hydrogen-bond acceptors (Lipinski definition) is 2. The van der Waals surface area contributed by atoms with Crippen molar-refractivity contribution in [1.82, 2.24) is 5.32 Å². The summed E-state index contributed by atoms with van der Waals surface area (Å²) in [7, 11) is 2.02. The van der Waals surface area contributed by atoms with Crippen molar-refractivity contribution in [3.8, 4) is 5.75 Å². The van der Waals surface area contributed by atoms with Crippen LogP contribution in [0.25, 0.3) is 10.8 Å². The molecule has 2 aromatic rings. The second-order valence-electron chi connectivity index (χ2n) is 5.23. The number of fused-ring (bicyclic) bond motifs is 1. The van der Waals surface area contributed by atoms with Crippen molar-refractivity contribution in [2.24, 2.45) is 0 Å². The van der Waals surface area contributed by atoms with Crippen LogP contribution in [0.15, 0.2) is 42.5 Å². The lowest BCUT2D eigenvalue weighted by Crippen LogP contribution is -2.40. The van der Waals surface area contributed by atoms with E-state index in [0.29, 0.717) is 6.04 Å². The van der Waals surface area contributed by atoms with Crippen molar-refractivity contribution in [3.63, 3.8) is 0 Å². The maximum absolute atomic E-state index is 6.32. The fraction of sp³-hybridized carbons (Fsp3) is 0.444. The van der Waals surface area contributed by atoms with Crippen LogP contribution < -0.4 is 10.1 Å². The Morgan fingerprint density at radius 1 is 1.05 bits per heavy atom. The Kier molecular flexibility index (Phi) is 5.42. The highest BCUT2D eigenvalue weighted by molar-refractivity contribution is 5.88. The molecular weight excluding hydrogens is 246 g/mol. The Labute approximate surface area is 122 Å². The maximum atomic E-state index is 6.32. The van der Waals surface area contributed by atoms with E-state index in [2.05, 4.69) is 61.6 Å². The number of nitrogens with one attached hydrogen (secondary N) is 1. The van der Waals surface area contributed by atoms with Gasteiger partial charge in [-0.1, -0.05) is 56.7 Å². The van der Waals surface area contributed by atoms with Crippen LogP contribution in [0.1, 0.15) is 33.1 Å². The third kappa shape index (κ3) is 3.31. The fourth-order valence-corrected chi connectivity index (χ4v) is 2.74. The summed E-state index contributed by atoms with van der Waals surface area (Å²) >= 11 is 0. The molecule has 0 aliphatic rings. The van der Waals surface area contributed by atoms with Gasteiger partial charge in [0.2, 0.25) is 0 Å². The Hall–Kier alpha value is -1.54. The standard InChI is InChI=1S/C18H25NO/c1-4-9-16(19-3)17(5-2)20-18-13-8-11-14-10-6-7-12-15(14)18/h6-8,10-13,16-17,19H,4-5,9H2,1-3H3. The lowest BCUT2D eigenvalue weighted by molar-refractivity contribution is 0.149. The van der Waals surface area contributed by atoms with Gasteiger partial charge in [-0.2, -0.15) is 0 Å². The van der Waals surface area contributed by atoms with Crippen molar-refractivity contribution in [1.29, 1.82) is 0 Å². The molecule has 2 atom stereocenters. The van der Waals surface area contributed by atoms with Crippen LogP contribution in [0, 0.1) is 0 Å². The molecule has 0 saturated carbocycles. The maximum Gasteiger partial charge on any atom is 0.127 e. The topological polar surface area (TPSA) is 21.3 Å². The summed E-state index contributed by atoms with van der Waals surface area (Å²) in [6, 6.07) is 15.1. The number of rotatable bonds is 7. The molecular formula is C18H25NO. The van der Waals surface area contributed by atoms with Crippen LogP contribution in [0.4, 0.5) is 0 Å². The molecule has 0 amide bonds. The molecule has 0 aromatic heterocycles. The highest BCUT2D eigenvalue weighted by atomic mass is 16.5. The van der Waals surface area contributed by atoms with Gasteiger partial charge in [0, 0.05) is 11.4 Å². The van der Waals surface area contributed by atoms with Crippen LogP contribution in [-0.4, -0.2) is 19.2 Å². The van der Waals surface area contributed by atoms with E-state index in [4.69, 9.17) is 4.74 Å². The normalized spacial score (nSPS) is 14.2. The van der Waals surface area contributed by atoms with E-state index in [1.165, 1.54) is 17.2 Å². The molecule has 20 heavy (non-hydrogen) atoms. The van der Waals surface area contributed by atoms with Crippen LogP contribution in [0.2, 0.25) is 0 Å². The highest BCUT2D eigenvalue weighted by Crippen LogP contribution is 2.27. The summed E-state index contributed by atoms with van der Waals surface area (Å²) in [6.45, 7) is 4.41. The molecule has 0 aliphatic heterocycles. The van der Waals surface area contributed by atoms with Gasteiger partial charge < -0.3 is 10.1 Å². The summed E-state index contributed by atoms with van der Waals surface area (Å²) in [6.07, 6.45) is 3.53. The van der Waals surface area contributed by atoms with Crippen molar-refractivity contribution < 1.29 is 4.74 Å². The highest BCUT2D eigenvalue weighted by Gasteiger charge is 2.19. The van der Waals surface area contributed by atoms with Gasteiger partial charge in [-0.15, -0.1) is 0 Å². The zero-order chi connectivity index (χ0) is 14.4. The average molecular weight is 271 g/mol. The van der Waals surface area contributed by atoms with Crippen LogP contribution in [0.3, 0.4) is 0 Å². The summed E-state index contributed by atoms with van der Waals surface area (Å²) in [5.41, 5.74) is 0. The number of hydrogen-bond donors (Lipinski definition) is 1. The SMILES string of the molecule is CCCC(NC)C(CC)Oc1cccc2ccccc12. The molecule has 1 N–H and O–H groups in total. The predicted octanol–water partition coefficient (Wildman–Crippen LogP) is 4.39. The van der Waals surface area contributed by atoms with Gasteiger partial charge in [0.15, 0.2) is 0 Å². The van der Waals surface area contributed by atoms with E-state index in [-0.39, 0.29) is 6.10 Å². The first-order valence-electron chi connectivity index (χ1n) is 7.61. The molecule has 2 heteroatoms. The smallest absolute Gasteiger partial charge is 0.127 e. The first kappa shape index (κ1) is 14.9. The Bertz CT molecular complexity index is 532. The van der Waals surface area contributed by atoms with Crippen LogP contribution >= 0.6 is 0 Å². The van der Waals surface area contributed by atoms with E-state index in [1.807, 2.05) is 7.05 Å². The second-order valence-corrected chi connectivity index (χ2v) is 5.23. The lowest BCUT2D eigenvalue weighted by atomic mass is 10.0. The van der Waals surface area contributed by atoms with Gasteiger partial charge in [0.25, 0.3) is 0 Å². The minimum atomic E-state index is 0.214. The molecule has 2 unspecified atom stereocenters. The molecule has 0 spiro atoms. The molecule has 108 valence electrons. The molecule has 2 aromatic carbocycles. The van der Waals surface area contributed by atoms with Gasteiger partial charge in [0.05, 0.1) is 0 Å².